The van der Waals surface area contributed by atoms with Crippen molar-refractivity contribution in [2.24, 2.45) is 5.92 Å². The normalized spacial score (nSPS) is 20.8. The highest BCUT2D eigenvalue weighted by atomic mass is 16.5. The van der Waals surface area contributed by atoms with Gasteiger partial charge >= 0.3 is 0 Å². The summed E-state index contributed by atoms with van der Waals surface area (Å²) in [6.45, 7) is 2.34. The highest BCUT2D eigenvalue weighted by Gasteiger charge is 2.40. The zero-order valence-corrected chi connectivity index (χ0v) is 23.5. The van der Waals surface area contributed by atoms with E-state index in [0.717, 1.165) is 67.8 Å². The van der Waals surface area contributed by atoms with E-state index < -0.39 is 0 Å². The molecular weight excluding hydrogens is 516 g/mol. The van der Waals surface area contributed by atoms with E-state index in [0.29, 0.717) is 30.6 Å². The predicted octanol–water partition coefficient (Wildman–Crippen LogP) is 4.90. The first-order chi connectivity index (χ1) is 20.0. The molecule has 0 aliphatic carbocycles. The number of carbonyl (C=O) groups is 3. The number of methoxy groups -OCH3 is 1. The fourth-order valence-corrected chi connectivity index (χ4v) is 6.60. The van der Waals surface area contributed by atoms with Gasteiger partial charge < -0.3 is 14.5 Å². The number of aromatic nitrogens is 1. The number of hydrogen-bond acceptors (Lipinski definition) is 6. The minimum atomic E-state index is -0.260. The third kappa shape index (κ3) is 5.31. The van der Waals surface area contributed by atoms with E-state index in [-0.39, 0.29) is 29.7 Å². The maximum absolute atomic E-state index is 13.9. The molecule has 1 aromatic heterocycles. The lowest BCUT2D eigenvalue weighted by Gasteiger charge is -2.41. The lowest BCUT2D eigenvalue weighted by molar-refractivity contribution is -0.139. The van der Waals surface area contributed by atoms with Crippen LogP contribution >= 0.6 is 0 Å². The van der Waals surface area contributed by atoms with Crippen LogP contribution in [0.3, 0.4) is 0 Å². The Bertz CT molecular complexity index is 1440. The number of ether oxygens (including phenoxy) is 1. The van der Waals surface area contributed by atoms with Crippen LogP contribution < -0.4 is 9.64 Å². The van der Waals surface area contributed by atoms with Gasteiger partial charge in [0.2, 0.25) is 5.91 Å². The highest BCUT2D eigenvalue weighted by molar-refractivity contribution is 6.23. The van der Waals surface area contributed by atoms with Gasteiger partial charge in [0, 0.05) is 38.6 Å². The lowest BCUT2D eigenvalue weighted by atomic mass is 9.91. The molecule has 2 fully saturated rings. The average molecular weight is 553 g/mol. The van der Waals surface area contributed by atoms with Gasteiger partial charge in [0.25, 0.3) is 11.8 Å². The number of carbonyl (C=O) groups excluding carboxylic acids is 3. The number of rotatable bonds is 7. The molecule has 0 saturated carbocycles. The first-order valence-corrected chi connectivity index (χ1v) is 14.6. The van der Waals surface area contributed by atoms with Crippen molar-refractivity contribution in [1.82, 2.24) is 14.8 Å². The molecule has 0 radical (unpaired) electrons. The molecule has 0 N–H and O–H groups in total. The number of anilines is 1. The molecule has 3 amide bonds. The zero-order chi connectivity index (χ0) is 28.3. The summed E-state index contributed by atoms with van der Waals surface area (Å²) in [7, 11) is 1.62. The molecular formula is C33H36N4O4. The molecule has 0 spiro atoms. The third-order valence-electron chi connectivity index (χ3n) is 8.70. The second kappa shape index (κ2) is 11.7. The van der Waals surface area contributed by atoms with Crippen LogP contribution in [0.5, 0.6) is 5.75 Å². The second-order valence-electron chi connectivity index (χ2n) is 11.2. The van der Waals surface area contributed by atoms with Crippen LogP contribution in [0.2, 0.25) is 0 Å². The summed E-state index contributed by atoms with van der Waals surface area (Å²) in [6.07, 6.45) is 8.91. The molecule has 4 heterocycles. The van der Waals surface area contributed by atoms with Gasteiger partial charge in [-0.2, -0.15) is 0 Å². The molecule has 3 aliphatic heterocycles. The summed E-state index contributed by atoms with van der Waals surface area (Å²) in [5, 5.41) is 0. The van der Waals surface area contributed by atoms with Gasteiger partial charge in [-0.15, -0.1) is 0 Å². The van der Waals surface area contributed by atoms with E-state index in [1.807, 2.05) is 48.7 Å². The van der Waals surface area contributed by atoms with E-state index in [1.54, 1.807) is 19.4 Å². The topological polar surface area (TPSA) is 83.1 Å². The van der Waals surface area contributed by atoms with Crippen LogP contribution in [0.4, 0.5) is 5.69 Å². The third-order valence-corrected chi connectivity index (χ3v) is 8.70. The number of nitrogens with zero attached hydrogens (tertiary/aromatic N) is 4. The van der Waals surface area contributed by atoms with Crippen molar-refractivity contribution in [3.63, 3.8) is 0 Å². The number of benzene rings is 2. The largest absolute Gasteiger partial charge is 0.497 e. The minimum Gasteiger partial charge on any atom is -0.497 e. The van der Waals surface area contributed by atoms with Crippen molar-refractivity contribution in [2.45, 2.75) is 44.6 Å². The van der Waals surface area contributed by atoms with Crippen LogP contribution in [-0.4, -0.2) is 65.8 Å². The van der Waals surface area contributed by atoms with E-state index >= 15 is 0 Å². The second-order valence-corrected chi connectivity index (χ2v) is 11.2. The molecule has 41 heavy (non-hydrogen) atoms. The Morgan fingerprint density at radius 3 is 2.68 bits per heavy atom. The number of fused-ring (bicyclic) bond motifs is 1. The van der Waals surface area contributed by atoms with Gasteiger partial charge in [-0.3, -0.25) is 24.3 Å². The summed E-state index contributed by atoms with van der Waals surface area (Å²) >= 11 is 0. The van der Waals surface area contributed by atoms with E-state index in [1.165, 1.54) is 4.90 Å². The van der Waals surface area contributed by atoms with Gasteiger partial charge in [-0.25, -0.2) is 0 Å². The Balaban J connectivity index is 1.19. The smallest absolute Gasteiger partial charge is 0.263 e. The number of hydrogen-bond donors (Lipinski definition) is 0. The van der Waals surface area contributed by atoms with Gasteiger partial charge in [0.1, 0.15) is 5.75 Å². The summed E-state index contributed by atoms with van der Waals surface area (Å²) in [5.41, 5.74) is 3.75. The highest BCUT2D eigenvalue weighted by Crippen LogP contribution is 2.37. The van der Waals surface area contributed by atoms with Gasteiger partial charge in [0.15, 0.2) is 0 Å². The Labute approximate surface area is 240 Å². The van der Waals surface area contributed by atoms with Crippen LogP contribution in [0.1, 0.15) is 70.0 Å². The maximum atomic E-state index is 13.9. The SMILES string of the molecule is COc1cccc(CCN2C(=O)c3cccc(N4CCC[C@@H](C(=O)N5CCCC[C@@H]5c5cccnc5)C4)c3C2=O)c1. The van der Waals surface area contributed by atoms with Crippen LogP contribution in [0.15, 0.2) is 67.0 Å². The van der Waals surface area contributed by atoms with E-state index in [4.69, 9.17) is 4.74 Å². The van der Waals surface area contributed by atoms with Crippen molar-refractivity contribution < 1.29 is 19.1 Å². The predicted molar refractivity (Wildman–Crippen MR) is 156 cm³/mol. The fourth-order valence-electron chi connectivity index (χ4n) is 6.60. The van der Waals surface area contributed by atoms with Crippen molar-refractivity contribution in [3.8, 4) is 5.75 Å². The van der Waals surface area contributed by atoms with Crippen LogP contribution in [-0.2, 0) is 11.2 Å². The van der Waals surface area contributed by atoms with E-state index in [2.05, 4.69) is 20.9 Å². The Kier molecular flexibility index (Phi) is 7.72. The molecule has 0 unspecified atom stereocenters. The molecule has 8 heteroatoms. The fraction of sp³-hybridized carbons (Fsp3) is 0.394. The van der Waals surface area contributed by atoms with Crippen LogP contribution in [0.25, 0.3) is 0 Å². The Morgan fingerprint density at radius 2 is 1.85 bits per heavy atom. The molecule has 2 aromatic carbocycles. The van der Waals surface area contributed by atoms with Gasteiger partial charge in [-0.1, -0.05) is 24.3 Å². The number of imide groups is 1. The summed E-state index contributed by atoms with van der Waals surface area (Å²) in [5.74, 6) is 0.251. The molecule has 212 valence electrons. The Hall–Kier alpha value is -4.20. The van der Waals surface area contributed by atoms with Crippen LogP contribution in [0, 0.1) is 5.92 Å². The first kappa shape index (κ1) is 27.0. The van der Waals surface area contributed by atoms with E-state index in [9.17, 15) is 14.4 Å². The van der Waals surface area contributed by atoms with Crippen molar-refractivity contribution in [1.29, 1.82) is 0 Å². The van der Waals surface area contributed by atoms with Crippen molar-refractivity contribution in [2.75, 3.05) is 38.2 Å². The number of likely N-dealkylation sites (tertiary alicyclic amines) is 1. The summed E-state index contributed by atoms with van der Waals surface area (Å²) < 4.78 is 5.31. The molecule has 0 bridgehead atoms. The zero-order valence-electron chi connectivity index (χ0n) is 23.5. The number of pyridine rings is 1. The molecule has 3 aromatic rings. The van der Waals surface area contributed by atoms with Crippen molar-refractivity contribution >= 4 is 23.4 Å². The monoisotopic (exact) mass is 552 g/mol. The van der Waals surface area contributed by atoms with Gasteiger partial charge in [-0.05, 0) is 80.0 Å². The molecule has 2 atom stereocenters. The molecule has 2 saturated heterocycles. The minimum absolute atomic E-state index is 0.0543. The lowest BCUT2D eigenvalue weighted by Crippen LogP contribution is -2.47. The standard InChI is InChI=1S/C33H36N4O4/c1-41-26-11-4-8-23(20-26)15-19-37-32(39)27-12-5-14-29(30(27)33(37)40)35-17-7-10-25(22-35)31(38)36-18-3-2-13-28(36)24-9-6-16-34-21-24/h4-6,8-9,11-12,14,16,20-21,25,28H,2-3,7,10,13,15,17-19,22H2,1H3/t25-,28-/m1/s1. The summed E-state index contributed by atoms with van der Waals surface area (Å²) in [4.78, 5) is 50.7. The summed E-state index contributed by atoms with van der Waals surface area (Å²) in [6, 6.07) is 17.2. The Morgan fingerprint density at radius 1 is 0.976 bits per heavy atom. The number of piperidine rings is 2. The molecule has 6 rings (SSSR count). The molecule has 8 nitrogen and oxygen atoms in total. The number of amides is 3. The first-order valence-electron chi connectivity index (χ1n) is 14.6. The average Bonchev–Trinajstić information content (AvgIpc) is 3.28. The quantitative estimate of drug-likeness (QED) is 0.388. The van der Waals surface area contributed by atoms with Crippen molar-refractivity contribution in [3.05, 3.63) is 89.2 Å². The molecule has 3 aliphatic rings. The maximum Gasteiger partial charge on any atom is 0.263 e. The van der Waals surface area contributed by atoms with Gasteiger partial charge in [0.05, 0.1) is 35.9 Å².